The molecule has 3 heteroatoms. The van der Waals surface area contributed by atoms with Gasteiger partial charge in [-0.15, -0.1) is 0 Å². The van der Waals surface area contributed by atoms with Gasteiger partial charge in [-0.25, -0.2) is 0 Å². The summed E-state index contributed by atoms with van der Waals surface area (Å²) in [6.07, 6.45) is 4.72. The van der Waals surface area contributed by atoms with E-state index < -0.39 is 17.3 Å². The van der Waals surface area contributed by atoms with Gasteiger partial charge in [0.15, 0.2) is 0 Å². The molecule has 4 rings (SSSR count). The summed E-state index contributed by atoms with van der Waals surface area (Å²) in [5.74, 6) is 0.788. The first-order valence-electron chi connectivity index (χ1n) is 9.54. The van der Waals surface area contributed by atoms with Gasteiger partial charge >= 0.3 is 0 Å². The van der Waals surface area contributed by atoms with Crippen molar-refractivity contribution in [3.63, 3.8) is 0 Å². The summed E-state index contributed by atoms with van der Waals surface area (Å²) in [5.41, 5.74) is -1.62. The summed E-state index contributed by atoms with van der Waals surface area (Å²) in [6, 6.07) is 0. The van der Waals surface area contributed by atoms with Gasteiger partial charge in [-0.3, -0.25) is 0 Å². The highest BCUT2D eigenvalue weighted by Gasteiger charge is 2.78. The van der Waals surface area contributed by atoms with Crippen LogP contribution in [-0.2, 0) is 0 Å². The molecule has 4 aliphatic carbocycles. The van der Waals surface area contributed by atoms with Crippen molar-refractivity contribution in [1.29, 1.82) is 0 Å². The average Bonchev–Trinajstić information content (AvgIpc) is 2.67. The van der Waals surface area contributed by atoms with Crippen molar-refractivity contribution >= 4 is 0 Å². The molecule has 0 aromatic carbocycles. The third-order valence-electron chi connectivity index (χ3n) is 9.41. The molecule has 4 saturated carbocycles. The largest absolute Gasteiger partial charge is 0.393 e. The van der Waals surface area contributed by atoms with Gasteiger partial charge in [0.05, 0.1) is 17.3 Å². The molecule has 4 aliphatic rings. The number of fused-ring (bicyclic) bond motifs is 1. The van der Waals surface area contributed by atoms with Gasteiger partial charge in [-0.2, -0.15) is 0 Å². The highest BCUT2D eigenvalue weighted by Crippen LogP contribution is 2.79. The summed E-state index contributed by atoms with van der Waals surface area (Å²) in [7, 11) is 0. The molecule has 0 saturated heterocycles. The second-order valence-electron chi connectivity index (χ2n) is 10.6. The van der Waals surface area contributed by atoms with E-state index in [1.165, 1.54) is 0 Å². The van der Waals surface area contributed by atoms with E-state index in [0.29, 0.717) is 11.8 Å². The second kappa shape index (κ2) is 4.16. The van der Waals surface area contributed by atoms with E-state index in [0.717, 1.165) is 38.5 Å². The molecule has 4 fully saturated rings. The van der Waals surface area contributed by atoms with Gasteiger partial charge in [-0.05, 0) is 73.5 Å². The Kier molecular flexibility index (Phi) is 2.96. The summed E-state index contributed by atoms with van der Waals surface area (Å²) in [5, 5.41) is 33.6. The van der Waals surface area contributed by atoms with Crippen molar-refractivity contribution in [2.75, 3.05) is 0 Å². The maximum Gasteiger partial charge on any atom is 0.0709 e. The molecule has 0 amide bonds. The Hall–Kier alpha value is -0.120. The highest BCUT2D eigenvalue weighted by molar-refractivity contribution is 5.26. The zero-order valence-electron chi connectivity index (χ0n) is 15.4. The molecule has 0 radical (unpaired) electrons. The highest BCUT2D eigenvalue weighted by atomic mass is 16.3. The monoisotopic (exact) mass is 322 g/mol. The van der Waals surface area contributed by atoms with Crippen molar-refractivity contribution < 1.29 is 15.3 Å². The van der Waals surface area contributed by atoms with Crippen LogP contribution in [0.5, 0.6) is 0 Å². The van der Waals surface area contributed by atoms with Crippen LogP contribution in [0.25, 0.3) is 0 Å². The topological polar surface area (TPSA) is 60.7 Å². The average molecular weight is 322 g/mol. The minimum absolute atomic E-state index is 0.0252. The number of hydrogen-bond acceptors (Lipinski definition) is 3. The standard InChI is InChI=1S/C20H34O3/c1-12-6-7-19(23)11-17(4)10-13(21)14-15(17)20(12,16(19,2)3)9-8-18(14,5)22/h12-15,21-23H,6-11H2,1-5H3. The Balaban J connectivity index is 1.97. The first-order chi connectivity index (χ1) is 10.4. The minimum atomic E-state index is -0.782. The van der Waals surface area contributed by atoms with E-state index in [4.69, 9.17) is 0 Å². The SMILES string of the molecule is CC1CCC2(O)CC3(C)CC(O)C4C3C1(CCC4(C)O)C2(C)C. The van der Waals surface area contributed by atoms with Crippen molar-refractivity contribution in [3.05, 3.63) is 0 Å². The molecule has 1 spiro atoms. The van der Waals surface area contributed by atoms with Crippen LogP contribution in [0, 0.1) is 34.0 Å². The van der Waals surface area contributed by atoms with E-state index in [9.17, 15) is 15.3 Å². The van der Waals surface area contributed by atoms with Gasteiger partial charge in [-0.1, -0.05) is 27.7 Å². The lowest BCUT2D eigenvalue weighted by Gasteiger charge is -2.74. The Morgan fingerprint density at radius 1 is 0.957 bits per heavy atom. The van der Waals surface area contributed by atoms with Gasteiger partial charge in [0.25, 0.3) is 0 Å². The molecule has 2 bridgehead atoms. The Bertz CT molecular complexity index is 541. The zero-order valence-corrected chi connectivity index (χ0v) is 15.4. The van der Waals surface area contributed by atoms with Crippen LogP contribution in [0.2, 0.25) is 0 Å². The molecule has 0 heterocycles. The smallest absolute Gasteiger partial charge is 0.0709 e. The second-order valence-corrected chi connectivity index (χ2v) is 10.6. The van der Waals surface area contributed by atoms with Crippen LogP contribution >= 0.6 is 0 Å². The molecule has 8 atom stereocenters. The van der Waals surface area contributed by atoms with Crippen LogP contribution in [-0.4, -0.2) is 32.6 Å². The van der Waals surface area contributed by atoms with E-state index in [1.807, 2.05) is 6.92 Å². The fourth-order valence-corrected chi connectivity index (χ4v) is 8.37. The molecule has 132 valence electrons. The quantitative estimate of drug-likeness (QED) is 0.642. The van der Waals surface area contributed by atoms with Crippen LogP contribution in [0.1, 0.15) is 73.1 Å². The summed E-state index contributed by atoms with van der Waals surface area (Å²) in [6.45, 7) is 11.1. The molecular formula is C20H34O3. The predicted molar refractivity (Wildman–Crippen MR) is 89.7 cm³/mol. The van der Waals surface area contributed by atoms with E-state index in [2.05, 4.69) is 27.7 Å². The Morgan fingerprint density at radius 2 is 1.61 bits per heavy atom. The van der Waals surface area contributed by atoms with Crippen molar-refractivity contribution in [2.24, 2.45) is 34.0 Å². The minimum Gasteiger partial charge on any atom is -0.393 e. The number of hydrogen-bond donors (Lipinski definition) is 3. The Labute approximate surface area is 140 Å². The summed E-state index contributed by atoms with van der Waals surface area (Å²) < 4.78 is 0. The lowest BCUT2D eigenvalue weighted by Crippen LogP contribution is -2.73. The van der Waals surface area contributed by atoms with Gasteiger partial charge < -0.3 is 15.3 Å². The van der Waals surface area contributed by atoms with Crippen molar-refractivity contribution in [2.45, 2.75) is 90.4 Å². The maximum absolute atomic E-state index is 11.6. The molecule has 0 aromatic heterocycles. The van der Waals surface area contributed by atoms with Crippen LogP contribution < -0.4 is 0 Å². The molecule has 8 unspecified atom stereocenters. The molecule has 23 heavy (non-hydrogen) atoms. The maximum atomic E-state index is 11.6. The number of aliphatic hydroxyl groups is 3. The molecule has 3 N–H and O–H groups in total. The fourth-order valence-electron chi connectivity index (χ4n) is 8.37. The first kappa shape index (κ1) is 16.4. The molecule has 0 aliphatic heterocycles. The molecule has 0 aromatic rings. The number of rotatable bonds is 0. The van der Waals surface area contributed by atoms with E-state index in [-0.39, 0.29) is 22.2 Å². The third kappa shape index (κ3) is 1.58. The van der Waals surface area contributed by atoms with Crippen LogP contribution in [0.3, 0.4) is 0 Å². The Morgan fingerprint density at radius 3 is 2.26 bits per heavy atom. The predicted octanol–water partition coefficient (Wildman–Crippen LogP) is 3.11. The summed E-state index contributed by atoms with van der Waals surface area (Å²) in [4.78, 5) is 0. The first-order valence-corrected chi connectivity index (χ1v) is 9.54. The van der Waals surface area contributed by atoms with Crippen LogP contribution in [0.15, 0.2) is 0 Å². The van der Waals surface area contributed by atoms with Gasteiger partial charge in [0, 0.05) is 5.92 Å². The molecular weight excluding hydrogens is 288 g/mol. The fraction of sp³-hybridized carbons (Fsp3) is 1.00. The van der Waals surface area contributed by atoms with Crippen molar-refractivity contribution in [3.8, 4) is 0 Å². The van der Waals surface area contributed by atoms with Crippen LogP contribution in [0.4, 0.5) is 0 Å². The normalized spacial score (nSPS) is 63.7. The third-order valence-corrected chi connectivity index (χ3v) is 9.41. The van der Waals surface area contributed by atoms with E-state index in [1.54, 1.807) is 0 Å². The lowest BCUT2D eigenvalue weighted by molar-refractivity contribution is -0.309. The van der Waals surface area contributed by atoms with Gasteiger partial charge in [0.2, 0.25) is 0 Å². The number of aliphatic hydroxyl groups excluding tert-OH is 1. The zero-order chi connectivity index (χ0) is 17.1. The van der Waals surface area contributed by atoms with E-state index >= 15 is 0 Å². The lowest BCUT2D eigenvalue weighted by atomic mass is 9.32. The molecule has 3 nitrogen and oxygen atoms in total. The van der Waals surface area contributed by atoms with Crippen molar-refractivity contribution in [1.82, 2.24) is 0 Å². The summed E-state index contributed by atoms with van der Waals surface area (Å²) >= 11 is 0. The van der Waals surface area contributed by atoms with Gasteiger partial charge in [0.1, 0.15) is 0 Å².